The quantitative estimate of drug-likeness (QED) is 0.403. The summed E-state index contributed by atoms with van der Waals surface area (Å²) < 4.78 is 5.43. The van der Waals surface area contributed by atoms with Gasteiger partial charge in [0.05, 0.1) is 5.94 Å². The molecule has 1 aromatic heterocycles. The van der Waals surface area contributed by atoms with Crippen molar-refractivity contribution < 1.29 is 19.3 Å². The maximum atomic E-state index is 12.3. The highest BCUT2D eigenvalue weighted by molar-refractivity contribution is 7.13. The van der Waals surface area contributed by atoms with E-state index in [0.29, 0.717) is 17.2 Å². The van der Waals surface area contributed by atoms with Gasteiger partial charge >= 0.3 is 7.12 Å². The first kappa shape index (κ1) is 16.7. The van der Waals surface area contributed by atoms with Crippen LogP contribution in [0.3, 0.4) is 0 Å². The fourth-order valence-corrected chi connectivity index (χ4v) is 2.79. The van der Waals surface area contributed by atoms with Crippen LogP contribution < -0.4 is 11.1 Å². The van der Waals surface area contributed by atoms with E-state index < -0.39 is 19.0 Å². The number of nitrogens with zero attached hydrogens (tertiary/aromatic N) is 2. The molecule has 1 aliphatic rings. The summed E-state index contributed by atoms with van der Waals surface area (Å²) in [5.74, 6) is -0.983. The first-order valence-corrected chi connectivity index (χ1v) is 7.90. The van der Waals surface area contributed by atoms with Gasteiger partial charge in [0.2, 0.25) is 0 Å². The standard InChI is InChI=1S/C12H19BN4O4S/c1-3-7-4-5-9(13(19)21-7)16-11(18)10(17-20-2)8-6-22-12(14)15-8/h6-7,9,19H,3-5H2,1-2H3,(H2,14,15)(H,16,18)/b17-10-. The van der Waals surface area contributed by atoms with Crippen LogP contribution in [-0.2, 0) is 14.3 Å². The lowest BCUT2D eigenvalue weighted by Gasteiger charge is -2.30. The number of hydrogen-bond donors (Lipinski definition) is 3. The molecule has 2 heterocycles. The van der Waals surface area contributed by atoms with Gasteiger partial charge in [-0.3, -0.25) is 4.79 Å². The van der Waals surface area contributed by atoms with Gasteiger partial charge in [0.1, 0.15) is 12.8 Å². The Morgan fingerprint density at radius 3 is 3.05 bits per heavy atom. The molecule has 22 heavy (non-hydrogen) atoms. The zero-order valence-corrected chi connectivity index (χ0v) is 13.3. The molecule has 4 N–H and O–H groups in total. The molecule has 1 aromatic rings. The lowest BCUT2D eigenvalue weighted by molar-refractivity contribution is -0.115. The Balaban J connectivity index is 2.05. The highest BCUT2D eigenvalue weighted by Crippen LogP contribution is 2.19. The first-order chi connectivity index (χ1) is 10.5. The van der Waals surface area contributed by atoms with Gasteiger partial charge in [-0.15, -0.1) is 11.3 Å². The smallest absolute Gasteiger partial charge is 0.426 e. The van der Waals surface area contributed by atoms with Crippen molar-refractivity contribution in [3.8, 4) is 0 Å². The molecule has 120 valence electrons. The van der Waals surface area contributed by atoms with Crippen molar-refractivity contribution in [3.05, 3.63) is 11.1 Å². The molecule has 2 atom stereocenters. The third-order valence-electron chi connectivity index (χ3n) is 3.41. The highest BCUT2D eigenvalue weighted by Gasteiger charge is 2.36. The summed E-state index contributed by atoms with van der Waals surface area (Å²) in [7, 11) is 0.305. The topological polar surface area (TPSA) is 119 Å². The second-order valence-electron chi connectivity index (χ2n) is 4.91. The third-order valence-corrected chi connectivity index (χ3v) is 4.08. The van der Waals surface area contributed by atoms with Crippen LogP contribution in [0.1, 0.15) is 31.9 Å². The summed E-state index contributed by atoms with van der Waals surface area (Å²) in [6.07, 6.45) is 2.25. The number of thiazole rings is 1. The number of carbonyl (C=O) groups is 1. The van der Waals surface area contributed by atoms with Crippen molar-refractivity contribution in [2.45, 2.75) is 38.2 Å². The van der Waals surface area contributed by atoms with E-state index in [9.17, 15) is 9.82 Å². The van der Waals surface area contributed by atoms with E-state index in [-0.39, 0.29) is 11.8 Å². The Hall–Kier alpha value is -1.65. The van der Waals surface area contributed by atoms with E-state index in [2.05, 4.69) is 15.5 Å². The lowest BCUT2D eigenvalue weighted by Crippen LogP contribution is -2.54. The normalized spacial score (nSPS) is 22.5. The Morgan fingerprint density at radius 1 is 1.73 bits per heavy atom. The maximum Gasteiger partial charge on any atom is 0.478 e. The Kier molecular flexibility index (Phi) is 5.75. The van der Waals surface area contributed by atoms with Crippen molar-refractivity contribution in [1.82, 2.24) is 10.3 Å². The van der Waals surface area contributed by atoms with Crippen molar-refractivity contribution in [2.75, 3.05) is 12.8 Å². The van der Waals surface area contributed by atoms with Crippen LogP contribution >= 0.6 is 11.3 Å². The second kappa shape index (κ2) is 7.57. The second-order valence-corrected chi connectivity index (χ2v) is 5.80. The third kappa shape index (κ3) is 3.96. The number of nitrogens with two attached hydrogens (primary N) is 1. The number of oxime groups is 1. The first-order valence-electron chi connectivity index (χ1n) is 7.02. The number of aromatic nitrogens is 1. The zero-order chi connectivity index (χ0) is 16.1. The largest absolute Gasteiger partial charge is 0.478 e. The minimum Gasteiger partial charge on any atom is -0.426 e. The van der Waals surface area contributed by atoms with Crippen LogP contribution in [0.4, 0.5) is 5.13 Å². The fraction of sp³-hybridized carbons (Fsp3) is 0.583. The van der Waals surface area contributed by atoms with Crippen molar-refractivity contribution in [2.24, 2.45) is 5.16 Å². The van der Waals surface area contributed by atoms with Crippen molar-refractivity contribution in [3.63, 3.8) is 0 Å². The molecule has 2 unspecified atom stereocenters. The molecule has 1 saturated heterocycles. The maximum absolute atomic E-state index is 12.3. The fourth-order valence-electron chi connectivity index (χ4n) is 2.24. The lowest BCUT2D eigenvalue weighted by atomic mass is 9.72. The molecule has 1 aliphatic heterocycles. The molecule has 1 fully saturated rings. The van der Waals surface area contributed by atoms with Crippen LogP contribution in [-0.4, -0.2) is 47.9 Å². The molecule has 0 saturated carbocycles. The molecule has 10 heteroatoms. The summed E-state index contributed by atoms with van der Waals surface area (Å²) in [4.78, 5) is 21.1. The number of nitrogen functional groups attached to an aromatic ring is 1. The zero-order valence-electron chi connectivity index (χ0n) is 12.5. The number of amides is 1. The monoisotopic (exact) mass is 326 g/mol. The van der Waals surface area contributed by atoms with Gasteiger partial charge in [-0.1, -0.05) is 12.1 Å². The van der Waals surface area contributed by atoms with Gasteiger partial charge in [0.25, 0.3) is 5.91 Å². The van der Waals surface area contributed by atoms with Crippen LogP contribution in [0, 0.1) is 0 Å². The number of anilines is 1. The minimum atomic E-state index is -1.04. The average Bonchev–Trinajstić information content (AvgIpc) is 2.92. The molecule has 0 aliphatic carbocycles. The van der Waals surface area contributed by atoms with Gasteiger partial charge in [0, 0.05) is 11.5 Å². The van der Waals surface area contributed by atoms with Gasteiger partial charge in [-0.25, -0.2) is 4.98 Å². The predicted molar refractivity (Wildman–Crippen MR) is 84.4 cm³/mol. The SMILES string of the molecule is CCC1CCC(NC(=O)/C(=N\OC)c2csc(N)n2)B(O)O1. The highest BCUT2D eigenvalue weighted by atomic mass is 32.1. The molecule has 1 amide bonds. The summed E-state index contributed by atoms with van der Waals surface area (Å²) in [6.45, 7) is 1.99. The van der Waals surface area contributed by atoms with Gasteiger partial charge in [0.15, 0.2) is 10.8 Å². The Labute approximate surface area is 132 Å². The summed E-state index contributed by atoms with van der Waals surface area (Å²) in [6, 6.07) is 0. The van der Waals surface area contributed by atoms with Crippen molar-refractivity contribution >= 4 is 35.2 Å². The molecule has 8 nitrogen and oxygen atoms in total. The number of hydrogen-bond acceptors (Lipinski definition) is 8. The molecule has 0 bridgehead atoms. The predicted octanol–water partition coefficient (Wildman–Crippen LogP) is 0.169. The summed E-state index contributed by atoms with van der Waals surface area (Å²) in [5, 5.41) is 18.3. The molecule has 0 spiro atoms. The molecular formula is C12H19BN4O4S. The van der Waals surface area contributed by atoms with E-state index in [1.807, 2.05) is 6.92 Å². The van der Waals surface area contributed by atoms with Gasteiger partial charge < -0.3 is 25.6 Å². The van der Waals surface area contributed by atoms with Gasteiger partial charge in [-0.2, -0.15) is 0 Å². The Bertz CT molecular complexity index is 553. The molecule has 0 aromatic carbocycles. The van der Waals surface area contributed by atoms with E-state index >= 15 is 0 Å². The van der Waals surface area contributed by atoms with E-state index in [0.717, 1.165) is 12.8 Å². The van der Waals surface area contributed by atoms with Crippen LogP contribution in [0.2, 0.25) is 0 Å². The number of rotatable bonds is 5. The number of carbonyl (C=O) groups excluding carboxylic acids is 1. The Morgan fingerprint density at radius 2 is 2.50 bits per heavy atom. The number of nitrogens with one attached hydrogen (secondary N) is 1. The minimum absolute atomic E-state index is 0.0141. The average molecular weight is 326 g/mol. The van der Waals surface area contributed by atoms with Crippen LogP contribution in [0.15, 0.2) is 10.5 Å². The van der Waals surface area contributed by atoms with Gasteiger partial charge in [-0.05, 0) is 19.3 Å². The van der Waals surface area contributed by atoms with Crippen molar-refractivity contribution in [1.29, 1.82) is 0 Å². The van der Waals surface area contributed by atoms with E-state index in [1.54, 1.807) is 5.38 Å². The van der Waals surface area contributed by atoms with Crippen LogP contribution in [0.25, 0.3) is 0 Å². The molecular weight excluding hydrogens is 307 g/mol. The van der Waals surface area contributed by atoms with E-state index in [4.69, 9.17) is 15.2 Å². The summed E-state index contributed by atoms with van der Waals surface area (Å²) in [5.41, 5.74) is 5.92. The van der Waals surface area contributed by atoms with Crippen LogP contribution in [0.5, 0.6) is 0 Å². The molecule has 0 radical (unpaired) electrons. The van der Waals surface area contributed by atoms with E-state index in [1.165, 1.54) is 18.4 Å². The summed E-state index contributed by atoms with van der Waals surface area (Å²) >= 11 is 1.20. The molecule has 2 rings (SSSR count).